The van der Waals surface area contributed by atoms with Crippen LogP contribution in [0.2, 0.25) is 0 Å². The fourth-order valence-corrected chi connectivity index (χ4v) is 1.74. The van der Waals surface area contributed by atoms with Crippen molar-refractivity contribution in [2.75, 3.05) is 13.2 Å². The number of aliphatic hydroxyl groups is 1. The van der Waals surface area contributed by atoms with E-state index in [0.29, 0.717) is 6.04 Å². The second-order valence-electron chi connectivity index (χ2n) is 3.79. The van der Waals surface area contributed by atoms with Crippen molar-refractivity contribution in [2.45, 2.75) is 19.4 Å². The van der Waals surface area contributed by atoms with Crippen LogP contribution in [0, 0.1) is 0 Å². The van der Waals surface area contributed by atoms with E-state index in [9.17, 15) is 0 Å². The first-order valence-electron chi connectivity index (χ1n) is 5.46. The molecule has 0 aromatic heterocycles. The number of halogens is 1. The zero-order valence-corrected chi connectivity index (χ0v) is 11.1. The van der Waals surface area contributed by atoms with Crippen LogP contribution in [-0.4, -0.2) is 24.3 Å². The van der Waals surface area contributed by atoms with Gasteiger partial charge in [-0.3, -0.25) is 0 Å². The molecule has 1 aromatic carbocycles. The van der Waals surface area contributed by atoms with Crippen LogP contribution >= 0.6 is 15.9 Å². The predicted octanol–water partition coefficient (Wildman–Crippen LogP) is 2.52. The van der Waals surface area contributed by atoms with Gasteiger partial charge in [-0.2, -0.15) is 0 Å². The predicted molar refractivity (Wildman–Crippen MR) is 71.5 cm³/mol. The Morgan fingerprint density at radius 1 is 1.31 bits per heavy atom. The van der Waals surface area contributed by atoms with Crippen molar-refractivity contribution in [3.63, 3.8) is 0 Å². The van der Waals surface area contributed by atoms with Gasteiger partial charge >= 0.3 is 0 Å². The summed E-state index contributed by atoms with van der Waals surface area (Å²) in [5, 5.41) is 11.9. The maximum atomic E-state index is 8.57. The van der Waals surface area contributed by atoms with E-state index in [1.54, 1.807) is 6.08 Å². The molecule has 1 unspecified atom stereocenters. The fourth-order valence-electron chi connectivity index (χ4n) is 1.47. The lowest BCUT2D eigenvalue weighted by Crippen LogP contribution is -2.28. The molecular formula is C13H18BrNO. The Hall–Kier alpha value is -0.640. The summed E-state index contributed by atoms with van der Waals surface area (Å²) in [6.45, 7) is 3.08. The molecule has 2 N–H and O–H groups in total. The van der Waals surface area contributed by atoms with E-state index >= 15 is 0 Å². The molecule has 0 heterocycles. The molecule has 2 nitrogen and oxygen atoms in total. The Morgan fingerprint density at radius 2 is 2.00 bits per heavy atom. The quantitative estimate of drug-likeness (QED) is 0.787. The van der Waals surface area contributed by atoms with Crippen LogP contribution in [-0.2, 0) is 6.42 Å². The zero-order chi connectivity index (χ0) is 11.8. The summed E-state index contributed by atoms with van der Waals surface area (Å²) in [5.41, 5.74) is 1.33. The smallest absolute Gasteiger partial charge is 0.0612 e. The number of hydrogen-bond donors (Lipinski definition) is 2. The third kappa shape index (κ3) is 5.45. The van der Waals surface area contributed by atoms with Gasteiger partial charge < -0.3 is 10.4 Å². The zero-order valence-electron chi connectivity index (χ0n) is 9.49. The highest BCUT2D eigenvalue weighted by Gasteiger charge is 2.01. The average molecular weight is 284 g/mol. The molecule has 1 aromatic rings. The monoisotopic (exact) mass is 283 g/mol. The van der Waals surface area contributed by atoms with Crippen molar-refractivity contribution in [3.8, 4) is 0 Å². The highest BCUT2D eigenvalue weighted by molar-refractivity contribution is 9.10. The van der Waals surface area contributed by atoms with Gasteiger partial charge in [0, 0.05) is 17.1 Å². The van der Waals surface area contributed by atoms with Crippen LogP contribution in [0.4, 0.5) is 0 Å². The van der Waals surface area contributed by atoms with Gasteiger partial charge in [0.2, 0.25) is 0 Å². The van der Waals surface area contributed by atoms with E-state index < -0.39 is 0 Å². The van der Waals surface area contributed by atoms with E-state index in [2.05, 4.69) is 52.4 Å². The largest absolute Gasteiger partial charge is 0.392 e. The third-order valence-corrected chi connectivity index (χ3v) is 2.84. The Bertz CT molecular complexity index is 321. The molecular weight excluding hydrogens is 266 g/mol. The fraction of sp³-hybridized carbons (Fsp3) is 0.385. The third-order valence-electron chi connectivity index (χ3n) is 2.31. The normalized spacial score (nSPS) is 13.2. The van der Waals surface area contributed by atoms with Crippen molar-refractivity contribution >= 4 is 15.9 Å². The molecule has 0 radical (unpaired) electrons. The first-order valence-corrected chi connectivity index (χ1v) is 6.25. The summed E-state index contributed by atoms with van der Waals surface area (Å²) < 4.78 is 1.11. The van der Waals surface area contributed by atoms with Crippen molar-refractivity contribution < 1.29 is 5.11 Å². The lowest BCUT2D eigenvalue weighted by molar-refractivity contribution is 0.342. The molecule has 3 heteroatoms. The van der Waals surface area contributed by atoms with Gasteiger partial charge in [-0.05, 0) is 31.0 Å². The molecule has 16 heavy (non-hydrogen) atoms. The summed E-state index contributed by atoms with van der Waals surface area (Å²) in [6, 6.07) is 8.82. The molecule has 0 spiro atoms. The second kappa shape index (κ2) is 7.60. The Kier molecular flexibility index (Phi) is 6.38. The maximum Gasteiger partial charge on any atom is 0.0612 e. The Labute approximate surface area is 106 Å². The van der Waals surface area contributed by atoms with E-state index in [1.807, 2.05) is 6.08 Å². The SMILES string of the molecule is CC(Cc1ccc(Br)cc1)NC/C=C/CO. The molecule has 0 saturated heterocycles. The summed E-state index contributed by atoms with van der Waals surface area (Å²) in [6.07, 6.45) is 4.71. The highest BCUT2D eigenvalue weighted by Crippen LogP contribution is 2.11. The standard InChI is InChI=1S/C13H18BrNO/c1-11(15-8-2-3-9-16)10-12-4-6-13(14)7-5-12/h2-7,11,15-16H,8-10H2,1H3/b3-2+. The van der Waals surface area contributed by atoms with Gasteiger partial charge in [0.1, 0.15) is 0 Å². The highest BCUT2D eigenvalue weighted by atomic mass is 79.9. The van der Waals surface area contributed by atoms with Gasteiger partial charge in [0.25, 0.3) is 0 Å². The van der Waals surface area contributed by atoms with Crippen molar-refractivity contribution in [2.24, 2.45) is 0 Å². The van der Waals surface area contributed by atoms with Crippen LogP contribution < -0.4 is 5.32 Å². The minimum Gasteiger partial charge on any atom is -0.392 e. The van der Waals surface area contributed by atoms with Crippen molar-refractivity contribution in [1.29, 1.82) is 0 Å². The number of benzene rings is 1. The van der Waals surface area contributed by atoms with Gasteiger partial charge in [-0.1, -0.05) is 40.2 Å². The lowest BCUT2D eigenvalue weighted by Gasteiger charge is -2.12. The van der Waals surface area contributed by atoms with Crippen LogP contribution in [0.15, 0.2) is 40.9 Å². The van der Waals surface area contributed by atoms with Crippen molar-refractivity contribution in [3.05, 3.63) is 46.5 Å². The summed E-state index contributed by atoms with van der Waals surface area (Å²) >= 11 is 3.42. The van der Waals surface area contributed by atoms with Crippen LogP contribution in [0.5, 0.6) is 0 Å². The molecule has 0 aliphatic heterocycles. The molecule has 0 bridgehead atoms. The number of aliphatic hydroxyl groups excluding tert-OH is 1. The minimum absolute atomic E-state index is 0.114. The summed E-state index contributed by atoms with van der Waals surface area (Å²) in [4.78, 5) is 0. The molecule has 88 valence electrons. The molecule has 0 amide bonds. The minimum atomic E-state index is 0.114. The molecule has 0 aliphatic rings. The van der Waals surface area contributed by atoms with E-state index in [4.69, 9.17) is 5.11 Å². The molecule has 0 fully saturated rings. The van der Waals surface area contributed by atoms with Crippen LogP contribution in [0.1, 0.15) is 12.5 Å². The van der Waals surface area contributed by atoms with E-state index in [0.717, 1.165) is 17.4 Å². The number of rotatable bonds is 6. The number of nitrogens with one attached hydrogen (secondary N) is 1. The maximum absolute atomic E-state index is 8.57. The van der Waals surface area contributed by atoms with Gasteiger partial charge in [0.05, 0.1) is 6.61 Å². The topological polar surface area (TPSA) is 32.3 Å². The average Bonchev–Trinajstić information content (AvgIpc) is 2.28. The lowest BCUT2D eigenvalue weighted by atomic mass is 10.1. The Morgan fingerprint density at radius 3 is 2.62 bits per heavy atom. The number of hydrogen-bond acceptors (Lipinski definition) is 2. The van der Waals surface area contributed by atoms with E-state index in [-0.39, 0.29) is 6.61 Å². The van der Waals surface area contributed by atoms with Crippen LogP contribution in [0.25, 0.3) is 0 Å². The second-order valence-corrected chi connectivity index (χ2v) is 4.71. The molecule has 0 aliphatic carbocycles. The molecule has 1 rings (SSSR count). The van der Waals surface area contributed by atoms with Gasteiger partial charge in [-0.25, -0.2) is 0 Å². The van der Waals surface area contributed by atoms with Crippen molar-refractivity contribution in [1.82, 2.24) is 5.32 Å². The summed E-state index contributed by atoms with van der Waals surface area (Å²) in [5.74, 6) is 0. The van der Waals surface area contributed by atoms with E-state index in [1.165, 1.54) is 5.56 Å². The summed E-state index contributed by atoms with van der Waals surface area (Å²) in [7, 11) is 0. The molecule has 0 saturated carbocycles. The van der Waals surface area contributed by atoms with Gasteiger partial charge in [0.15, 0.2) is 0 Å². The first-order chi connectivity index (χ1) is 7.72. The first kappa shape index (κ1) is 13.4. The Balaban J connectivity index is 2.31. The molecule has 1 atom stereocenters. The van der Waals surface area contributed by atoms with Crippen LogP contribution in [0.3, 0.4) is 0 Å². The van der Waals surface area contributed by atoms with Gasteiger partial charge in [-0.15, -0.1) is 0 Å².